The molecule has 5 aromatic rings. The van der Waals surface area contributed by atoms with Gasteiger partial charge in [0.05, 0.1) is 5.56 Å². The number of ether oxygens (including phenoxy) is 2. The van der Waals surface area contributed by atoms with Crippen LogP contribution < -0.4 is 19.7 Å². The number of amides is 1. The van der Waals surface area contributed by atoms with Gasteiger partial charge in [-0.25, -0.2) is 18.1 Å². The van der Waals surface area contributed by atoms with Gasteiger partial charge in [0.25, 0.3) is 15.9 Å². The fraction of sp³-hybridized carbons (Fsp3) is 0.396. The van der Waals surface area contributed by atoms with Gasteiger partial charge < -0.3 is 24.7 Å². The van der Waals surface area contributed by atoms with Crippen molar-refractivity contribution < 1.29 is 22.7 Å². The van der Waals surface area contributed by atoms with Crippen molar-refractivity contribution >= 4 is 73.5 Å². The van der Waals surface area contributed by atoms with Crippen molar-refractivity contribution in [2.24, 2.45) is 16.3 Å². The number of carbonyl (C=O) groups excluding carboxylic acids is 1. The van der Waals surface area contributed by atoms with E-state index < -0.39 is 15.9 Å². The molecule has 1 amide bonds. The van der Waals surface area contributed by atoms with E-state index in [1.54, 1.807) is 23.9 Å². The molecule has 5 heterocycles. The van der Waals surface area contributed by atoms with Crippen molar-refractivity contribution in [3.8, 4) is 11.5 Å². The van der Waals surface area contributed by atoms with Gasteiger partial charge in [0.2, 0.25) is 0 Å². The molecule has 1 unspecified atom stereocenters. The van der Waals surface area contributed by atoms with Crippen molar-refractivity contribution in [1.82, 2.24) is 19.6 Å². The third-order valence-electron chi connectivity index (χ3n) is 12.7. The predicted octanol–water partition coefficient (Wildman–Crippen LogP) is 9.57. The maximum absolute atomic E-state index is 14.2. The van der Waals surface area contributed by atoms with Crippen molar-refractivity contribution in [3.05, 3.63) is 112 Å². The number of fused-ring (bicyclic) bond motifs is 1. The van der Waals surface area contributed by atoms with Gasteiger partial charge in [-0.1, -0.05) is 49.2 Å². The van der Waals surface area contributed by atoms with Gasteiger partial charge in [-0.15, -0.1) is 11.8 Å². The van der Waals surface area contributed by atoms with Crippen LogP contribution >= 0.6 is 23.4 Å². The number of sulfonamides is 1. The van der Waals surface area contributed by atoms with E-state index in [0.29, 0.717) is 35.3 Å². The van der Waals surface area contributed by atoms with Crippen LogP contribution in [0.2, 0.25) is 5.02 Å². The zero-order chi connectivity index (χ0) is 43.6. The number of H-pyrrole nitrogens is 1. The second-order valence-corrected chi connectivity index (χ2v) is 20.9. The number of hydrogen-bond acceptors (Lipinski definition) is 11. The summed E-state index contributed by atoms with van der Waals surface area (Å²) in [6.07, 6.45) is 10.1. The van der Waals surface area contributed by atoms with Crippen LogP contribution in [0, 0.1) is 11.3 Å². The lowest BCUT2D eigenvalue weighted by Crippen LogP contribution is -2.47. The smallest absolute Gasteiger partial charge is 0.268 e. The Kier molecular flexibility index (Phi) is 12.9. The van der Waals surface area contributed by atoms with E-state index in [1.807, 2.05) is 60.9 Å². The molecular weight excluding hydrogens is 854 g/mol. The molecule has 9 rings (SSSR count). The Bertz CT molecular complexity index is 2630. The van der Waals surface area contributed by atoms with Gasteiger partial charge in [-0.3, -0.25) is 14.7 Å². The summed E-state index contributed by atoms with van der Waals surface area (Å²) in [5.41, 5.74) is 6.96. The van der Waals surface area contributed by atoms with E-state index in [2.05, 4.69) is 60.8 Å². The standard InChI is InChI=1S/C48H54ClN7O5S2/c1-48(2)16-12-34(41(28-48)33-6-8-35(49)9-7-33)31-55-19-21-56(22-20-55)36-10-11-39(44(26-36)61-43-5-3-4-42-38(43)13-17-50-42)46(57)54-63(58,59)37-27-40(47-51-18-25-62-47)45(53-30-37)52-29-32-14-23-60-24-15-32/h3-11,13,17-18,26-27,30,32,47,50H,12,14-16,19-25,28-29,31H2,1-2H3,(H,52,53)(H,54,57). The minimum atomic E-state index is -4.36. The van der Waals surface area contributed by atoms with Gasteiger partial charge in [-0.2, -0.15) is 0 Å². The number of allylic oxidation sites excluding steroid dienone is 1. The number of aromatic nitrogens is 2. The summed E-state index contributed by atoms with van der Waals surface area (Å²) in [7, 11) is -4.36. The van der Waals surface area contributed by atoms with Gasteiger partial charge in [0.1, 0.15) is 27.6 Å². The minimum absolute atomic E-state index is 0.0919. The summed E-state index contributed by atoms with van der Waals surface area (Å²) >= 11 is 7.86. The minimum Gasteiger partial charge on any atom is -0.456 e. The van der Waals surface area contributed by atoms with Crippen molar-refractivity contribution in [3.63, 3.8) is 0 Å². The molecule has 0 spiro atoms. The second kappa shape index (κ2) is 18.7. The maximum Gasteiger partial charge on any atom is 0.268 e. The molecule has 0 saturated carbocycles. The summed E-state index contributed by atoms with van der Waals surface area (Å²) in [6, 6.07) is 22.8. The van der Waals surface area contributed by atoms with Crippen LogP contribution in [0.3, 0.4) is 0 Å². The lowest BCUT2D eigenvalue weighted by atomic mass is 9.72. The van der Waals surface area contributed by atoms with E-state index in [0.717, 1.165) is 99.7 Å². The van der Waals surface area contributed by atoms with Gasteiger partial charge in [0.15, 0.2) is 0 Å². The Balaban J connectivity index is 0.944. The molecule has 1 aliphatic carbocycles. The fourth-order valence-corrected chi connectivity index (χ4v) is 11.0. The first-order valence-electron chi connectivity index (χ1n) is 21.8. The van der Waals surface area contributed by atoms with E-state index in [1.165, 1.54) is 22.9 Å². The number of halogens is 1. The number of nitrogens with one attached hydrogen (secondary N) is 3. The highest BCUT2D eigenvalue weighted by molar-refractivity contribution is 8.00. The Labute approximate surface area is 378 Å². The number of anilines is 2. The number of carbonyl (C=O) groups is 1. The molecule has 0 radical (unpaired) electrons. The molecule has 2 aromatic heterocycles. The topological polar surface area (TPSA) is 141 Å². The molecule has 0 bridgehead atoms. The highest BCUT2D eigenvalue weighted by atomic mass is 35.5. The van der Waals surface area contributed by atoms with Crippen LogP contribution in [0.25, 0.3) is 16.5 Å². The van der Waals surface area contributed by atoms with Crippen LogP contribution in [-0.2, 0) is 14.8 Å². The normalized spacial score (nSPS) is 19.7. The first-order valence-corrected chi connectivity index (χ1v) is 24.7. The molecule has 1 atom stereocenters. The lowest BCUT2D eigenvalue weighted by Gasteiger charge is -2.39. The molecule has 15 heteroatoms. The summed E-state index contributed by atoms with van der Waals surface area (Å²) < 4.78 is 42.5. The summed E-state index contributed by atoms with van der Waals surface area (Å²) in [5, 5.41) is 4.72. The maximum atomic E-state index is 14.2. The molecular formula is C48H54ClN7O5S2. The predicted molar refractivity (Wildman–Crippen MR) is 254 cm³/mol. The Hall–Kier alpha value is -4.86. The largest absolute Gasteiger partial charge is 0.456 e. The number of aromatic amines is 1. The number of nitrogens with zero attached hydrogens (tertiary/aromatic N) is 4. The highest BCUT2D eigenvalue weighted by Crippen LogP contribution is 2.44. The molecule has 2 saturated heterocycles. The monoisotopic (exact) mass is 907 g/mol. The Morgan fingerprint density at radius 3 is 2.60 bits per heavy atom. The number of piperazine rings is 1. The number of aliphatic imine (C=N–C) groups is 1. The van der Waals surface area contributed by atoms with E-state index >= 15 is 0 Å². The quantitative estimate of drug-likeness (QED) is 0.105. The second-order valence-electron chi connectivity index (χ2n) is 17.7. The molecule has 3 aromatic carbocycles. The molecule has 2 fully saturated rings. The van der Waals surface area contributed by atoms with Gasteiger partial charge >= 0.3 is 0 Å². The first kappa shape index (κ1) is 43.4. The number of rotatable bonds is 13. The molecule has 3 aliphatic heterocycles. The third-order valence-corrected chi connectivity index (χ3v) is 15.3. The molecule has 330 valence electrons. The zero-order valence-electron chi connectivity index (χ0n) is 35.7. The summed E-state index contributed by atoms with van der Waals surface area (Å²) in [6.45, 7) is 11.1. The number of hydrogen-bond donors (Lipinski definition) is 3. The van der Waals surface area contributed by atoms with Crippen LogP contribution in [0.5, 0.6) is 11.5 Å². The zero-order valence-corrected chi connectivity index (χ0v) is 38.1. The molecule has 3 N–H and O–H groups in total. The van der Waals surface area contributed by atoms with Crippen molar-refractivity contribution in [2.45, 2.75) is 56.2 Å². The third kappa shape index (κ3) is 10.1. The molecule has 63 heavy (non-hydrogen) atoms. The van der Waals surface area contributed by atoms with Crippen LogP contribution in [0.1, 0.15) is 72.8 Å². The Morgan fingerprint density at radius 2 is 1.83 bits per heavy atom. The van der Waals surface area contributed by atoms with E-state index in [4.69, 9.17) is 21.1 Å². The number of pyridine rings is 1. The average Bonchev–Trinajstić information content (AvgIpc) is 4.01. The number of benzene rings is 3. The van der Waals surface area contributed by atoms with Crippen molar-refractivity contribution in [2.75, 3.05) is 68.5 Å². The van der Waals surface area contributed by atoms with Crippen molar-refractivity contribution in [1.29, 1.82) is 0 Å². The van der Waals surface area contributed by atoms with Crippen LogP contribution in [0.4, 0.5) is 11.5 Å². The highest BCUT2D eigenvalue weighted by Gasteiger charge is 2.31. The fourth-order valence-electron chi connectivity index (χ4n) is 9.00. The summed E-state index contributed by atoms with van der Waals surface area (Å²) in [5.74, 6) is 1.72. The van der Waals surface area contributed by atoms with Crippen LogP contribution in [0.15, 0.2) is 101 Å². The average molecular weight is 909 g/mol. The summed E-state index contributed by atoms with van der Waals surface area (Å²) in [4.78, 5) is 31.3. The van der Waals surface area contributed by atoms with E-state index in [9.17, 15) is 13.2 Å². The van der Waals surface area contributed by atoms with Crippen LogP contribution in [-0.4, -0.2) is 93.6 Å². The Morgan fingerprint density at radius 1 is 1.02 bits per heavy atom. The van der Waals surface area contributed by atoms with Gasteiger partial charge in [-0.05, 0) is 103 Å². The number of thioether (sulfide) groups is 1. The molecule has 4 aliphatic rings. The molecule has 12 nitrogen and oxygen atoms in total. The SMILES string of the molecule is CC1(C)CCC(CN2CCN(c3ccc(C(=O)NS(=O)(=O)c4cnc(NCC5CCOCC5)c(C5N=CCS5)c4)c(Oc4cccc5[nH]ccc45)c3)CC2)=C(c2ccc(Cl)cc2)C1. The lowest BCUT2D eigenvalue weighted by molar-refractivity contribution is 0.0699. The van der Waals surface area contributed by atoms with E-state index in [-0.39, 0.29) is 27.0 Å². The van der Waals surface area contributed by atoms with Gasteiger partial charge in [0, 0.05) is 110 Å². The first-order chi connectivity index (χ1) is 30.5.